The van der Waals surface area contributed by atoms with Gasteiger partial charge in [0.1, 0.15) is 0 Å². The molecule has 2 aliphatic carbocycles. The number of pyridine rings is 3. The van der Waals surface area contributed by atoms with Crippen LogP contribution >= 0.6 is 0 Å². The van der Waals surface area contributed by atoms with Crippen molar-refractivity contribution in [3.8, 4) is 33.6 Å². The van der Waals surface area contributed by atoms with Gasteiger partial charge < -0.3 is 15.0 Å². The fourth-order valence-electron chi connectivity index (χ4n) is 7.17. The summed E-state index contributed by atoms with van der Waals surface area (Å²) < 4.78 is 0. The van der Waals surface area contributed by atoms with Gasteiger partial charge >= 0.3 is 0 Å². The Kier molecular flexibility index (Phi) is 11.2. The Bertz CT molecular complexity index is 1640. The SMILES string of the molecule is CC(C)c1ccc(-c2cc(CC3CC4CCC3C4)c([Si](C)(C)C)cn2)[c-]n1.[Ir].[c-]1ccccc1-c1cc(-c2ccccc2)ccn1. The molecular weight excluding hydrogens is 755 g/mol. The molecule has 2 fully saturated rings. The first-order valence-electron chi connectivity index (χ1n) is 16.6. The van der Waals surface area contributed by atoms with Gasteiger partial charge in [-0.15, -0.1) is 53.6 Å². The van der Waals surface area contributed by atoms with Crippen LogP contribution in [0.2, 0.25) is 19.6 Å². The summed E-state index contributed by atoms with van der Waals surface area (Å²) in [5.74, 6) is 3.31. The largest absolute Gasteiger partial charge is 0.356 e. The molecule has 3 heterocycles. The average Bonchev–Trinajstić information content (AvgIpc) is 3.69. The van der Waals surface area contributed by atoms with Crippen LogP contribution in [0.15, 0.2) is 97.3 Å². The number of aromatic nitrogens is 3. The van der Waals surface area contributed by atoms with Crippen LogP contribution in [0.1, 0.15) is 56.7 Å². The van der Waals surface area contributed by atoms with Gasteiger partial charge in [-0.1, -0.05) is 87.9 Å². The molecule has 0 aliphatic heterocycles. The molecule has 46 heavy (non-hydrogen) atoms. The second kappa shape index (κ2) is 15.1. The Balaban J connectivity index is 0.000000191. The molecule has 3 nitrogen and oxygen atoms in total. The van der Waals surface area contributed by atoms with Crippen molar-refractivity contribution in [1.82, 2.24) is 15.0 Å². The molecule has 0 amide bonds. The van der Waals surface area contributed by atoms with Crippen molar-refractivity contribution in [3.05, 3.63) is 121 Å². The van der Waals surface area contributed by atoms with Gasteiger partial charge in [0.15, 0.2) is 0 Å². The quantitative estimate of drug-likeness (QED) is 0.122. The van der Waals surface area contributed by atoms with Gasteiger partial charge in [0.2, 0.25) is 0 Å². The van der Waals surface area contributed by atoms with Crippen molar-refractivity contribution in [2.24, 2.45) is 17.8 Å². The smallest absolute Gasteiger partial charge is 0.0798 e. The molecule has 3 unspecified atom stereocenters. The molecule has 2 aliphatic rings. The van der Waals surface area contributed by atoms with Gasteiger partial charge in [-0.2, -0.15) is 0 Å². The first kappa shape index (κ1) is 34.1. The molecule has 5 aromatic rings. The van der Waals surface area contributed by atoms with Crippen LogP contribution in [0.5, 0.6) is 0 Å². The van der Waals surface area contributed by atoms with Crippen molar-refractivity contribution in [2.75, 3.05) is 0 Å². The van der Waals surface area contributed by atoms with E-state index in [9.17, 15) is 0 Å². The standard InChI is InChI=1S/C24H33N2Si.C17H12N.Ir/c1-16(2)22-9-8-19(14-25-22)23-13-21(24(15-26-23)27(3,4)5)12-20-11-17-6-7-18(20)10-17;1-3-7-14(8-4-1)16-11-12-18-17(13-16)15-9-5-2-6-10-15;/h8-9,13,15-18,20H,6-7,10-12H2,1-5H3;1-9,11-13H;/q2*-1;. The average molecular weight is 800 g/mol. The molecule has 1 radical (unpaired) electrons. The maximum absolute atomic E-state index is 4.84. The zero-order valence-electron chi connectivity index (χ0n) is 27.8. The molecule has 2 saturated carbocycles. The fourth-order valence-corrected chi connectivity index (χ4v) is 8.76. The van der Waals surface area contributed by atoms with E-state index in [1.165, 1.54) is 43.2 Å². The third-order valence-corrected chi connectivity index (χ3v) is 11.7. The Hall–Kier alpha value is -3.24. The third kappa shape index (κ3) is 8.18. The van der Waals surface area contributed by atoms with Crippen LogP contribution in [-0.2, 0) is 26.5 Å². The zero-order valence-corrected chi connectivity index (χ0v) is 31.2. The Morgan fingerprint density at radius 2 is 1.59 bits per heavy atom. The predicted octanol–water partition coefficient (Wildman–Crippen LogP) is 9.80. The van der Waals surface area contributed by atoms with Crippen LogP contribution in [-0.4, -0.2) is 23.0 Å². The number of benzene rings is 2. The molecule has 0 N–H and O–H groups in total. The Morgan fingerprint density at radius 1 is 0.804 bits per heavy atom. The first-order chi connectivity index (χ1) is 21.7. The summed E-state index contributed by atoms with van der Waals surface area (Å²) in [6, 6.07) is 32.2. The summed E-state index contributed by atoms with van der Waals surface area (Å²) in [5, 5.41) is 1.54. The molecule has 7 rings (SSSR count). The van der Waals surface area contributed by atoms with E-state index in [4.69, 9.17) is 4.98 Å². The molecule has 3 aromatic heterocycles. The van der Waals surface area contributed by atoms with Gasteiger partial charge in [0, 0.05) is 32.5 Å². The molecule has 3 atom stereocenters. The van der Waals surface area contributed by atoms with E-state index in [0.717, 1.165) is 46.0 Å². The minimum absolute atomic E-state index is 0. The van der Waals surface area contributed by atoms with Crippen molar-refractivity contribution in [3.63, 3.8) is 0 Å². The minimum Gasteiger partial charge on any atom is -0.356 e. The van der Waals surface area contributed by atoms with Gasteiger partial charge in [-0.25, -0.2) is 0 Å². The number of hydrogen-bond acceptors (Lipinski definition) is 3. The molecule has 239 valence electrons. The van der Waals surface area contributed by atoms with Crippen molar-refractivity contribution < 1.29 is 20.1 Å². The topological polar surface area (TPSA) is 38.7 Å². The fraction of sp³-hybridized carbons (Fsp3) is 0.341. The monoisotopic (exact) mass is 800 g/mol. The van der Waals surface area contributed by atoms with E-state index in [0.29, 0.717) is 5.92 Å². The first-order valence-corrected chi connectivity index (χ1v) is 20.1. The third-order valence-electron chi connectivity index (χ3n) is 9.61. The number of hydrogen-bond donors (Lipinski definition) is 0. The van der Waals surface area contributed by atoms with Gasteiger partial charge in [0.25, 0.3) is 0 Å². The van der Waals surface area contributed by atoms with Crippen LogP contribution in [0, 0.1) is 30.0 Å². The van der Waals surface area contributed by atoms with Gasteiger partial charge in [0.05, 0.1) is 8.07 Å². The predicted molar refractivity (Wildman–Crippen MR) is 190 cm³/mol. The van der Waals surface area contributed by atoms with E-state index in [2.05, 4.69) is 98.3 Å². The summed E-state index contributed by atoms with van der Waals surface area (Å²) in [7, 11) is -1.41. The Labute approximate surface area is 290 Å². The summed E-state index contributed by atoms with van der Waals surface area (Å²) in [4.78, 5) is 13.8. The minimum atomic E-state index is -1.41. The van der Waals surface area contributed by atoms with E-state index in [1.807, 2.05) is 54.7 Å². The maximum Gasteiger partial charge on any atom is 0.0798 e. The zero-order chi connectivity index (χ0) is 31.4. The number of nitrogens with zero attached hydrogens (tertiary/aromatic N) is 3. The number of rotatable bonds is 7. The van der Waals surface area contributed by atoms with E-state index in [-0.39, 0.29) is 20.1 Å². The molecule has 5 heteroatoms. The molecule has 0 spiro atoms. The van der Waals surface area contributed by atoms with Crippen LogP contribution in [0.3, 0.4) is 0 Å². The second-order valence-corrected chi connectivity index (χ2v) is 19.3. The summed E-state index contributed by atoms with van der Waals surface area (Å²) >= 11 is 0. The van der Waals surface area contributed by atoms with E-state index >= 15 is 0 Å². The normalized spacial score (nSPS) is 18.5. The summed E-state index contributed by atoms with van der Waals surface area (Å²) in [5.41, 5.74) is 9.08. The second-order valence-electron chi connectivity index (χ2n) is 14.2. The van der Waals surface area contributed by atoms with Crippen molar-refractivity contribution in [1.29, 1.82) is 0 Å². The van der Waals surface area contributed by atoms with Crippen molar-refractivity contribution in [2.45, 2.75) is 71.5 Å². The molecular formula is C41H45IrN3Si-2. The molecule has 0 saturated heterocycles. The van der Waals surface area contributed by atoms with Crippen molar-refractivity contribution >= 4 is 13.3 Å². The van der Waals surface area contributed by atoms with Crippen LogP contribution in [0.25, 0.3) is 33.6 Å². The molecule has 2 aromatic carbocycles. The van der Waals surface area contributed by atoms with E-state index < -0.39 is 8.07 Å². The van der Waals surface area contributed by atoms with Gasteiger partial charge in [-0.05, 0) is 95.0 Å². The number of fused-ring (bicyclic) bond motifs is 2. The Morgan fingerprint density at radius 3 is 2.22 bits per heavy atom. The molecule has 2 bridgehead atoms. The van der Waals surface area contributed by atoms with Crippen LogP contribution in [0.4, 0.5) is 0 Å². The van der Waals surface area contributed by atoms with Gasteiger partial charge in [-0.3, -0.25) is 0 Å². The summed E-state index contributed by atoms with van der Waals surface area (Å²) in [6.07, 6.45) is 14.4. The van der Waals surface area contributed by atoms with Crippen LogP contribution < -0.4 is 5.19 Å². The van der Waals surface area contributed by atoms with E-state index in [1.54, 1.807) is 10.8 Å². The maximum atomic E-state index is 4.84. The summed E-state index contributed by atoms with van der Waals surface area (Å²) in [6.45, 7) is 11.7.